The fourth-order valence-electron chi connectivity index (χ4n) is 1.89. The van der Waals surface area contributed by atoms with E-state index in [1.165, 1.54) is 36.5 Å². The lowest BCUT2D eigenvalue weighted by atomic mass is 10.2. The van der Waals surface area contributed by atoms with Crippen molar-refractivity contribution in [2.24, 2.45) is 0 Å². The molecule has 0 saturated heterocycles. The molecule has 3 nitrogen and oxygen atoms in total. The highest BCUT2D eigenvalue weighted by Crippen LogP contribution is 2.20. The highest BCUT2D eigenvalue weighted by atomic mass is 35.5. The van der Waals surface area contributed by atoms with Gasteiger partial charge in [0.2, 0.25) is 10.0 Å². The van der Waals surface area contributed by atoms with Crippen LogP contribution in [-0.4, -0.2) is 19.8 Å². The molecule has 112 valence electrons. The second kappa shape index (κ2) is 6.13. The van der Waals surface area contributed by atoms with E-state index in [1.807, 2.05) is 0 Å². The van der Waals surface area contributed by atoms with E-state index >= 15 is 0 Å². The summed E-state index contributed by atoms with van der Waals surface area (Å²) in [5.74, 6) is -0.422. The van der Waals surface area contributed by atoms with Crippen LogP contribution in [0.3, 0.4) is 0 Å². The van der Waals surface area contributed by atoms with Gasteiger partial charge in [-0.1, -0.05) is 23.7 Å². The van der Waals surface area contributed by atoms with Crippen LogP contribution in [0.25, 0.3) is 0 Å². The van der Waals surface area contributed by atoms with Crippen molar-refractivity contribution in [2.45, 2.75) is 18.4 Å². The average molecular weight is 328 g/mol. The second-order valence-electron chi connectivity index (χ2n) is 4.80. The lowest BCUT2D eigenvalue weighted by Crippen LogP contribution is -2.26. The van der Waals surface area contributed by atoms with Gasteiger partial charge in [0.15, 0.2) is 0 Å². The summed E-state index contributed by atoms with van der Waals surface area (Å²) in [4.78, 5) is 0.0814. The van der Waals surface area contributed by atoms with E-state index in [2.05, 4.69) is 0 Å². The second-order valence-corrected chi connectivity index (χ2v) is 7.28. The number of halogens is 2. The molecule has 2 aromatic carbocycles. The molecule has 2 rings (SSSR count). The van der Waals surface area contributed by atoms with Crippen molar-refractivity contribution in [1.29, 1.82) is 0 Å². The molecule has 0 aromatic heterocycles. The monoisotopic (exact) mass is 327 g/mol. The molecule has 0 aliphatic heterocycles. The van der Waals surface area contributed by atoms with Crippen molar-refractivity contribution in [3.8, 4) is 0 Å². The molecule has 0 heterocycles. The molecule has 0 N–H and O–H groups in total. The highest BCUT2D eigenvalue weighted by molar-refractivity contribution is 7.89. The summed E-state index contributed by atoms with van der Waals surface area (Å²) in [5, 5.41) is 0.596. The maximum atomic E-state index is 13.3. The Hall–Kier alpha value is -1.43. The van der Waals surface area contributed by atoms with Crippen molar-refractivity contribution in [1.82, 2.24) is 4.31 Å². The summed E-state index contributed by atoms with van der Waals surface area (Å²) in [7, 11) is -2.16. The van der Waals surface area contributed by atoms with Gasteiger partial charge in [0.1, 0.15) is 5.82 Å². The summed E-state index contributed by atoms with van der Waals surface area (Å²) >= 11 is 5.80. The van der Waals surface area contributed by atoms with Crippen LogP contribution in [0.15, 0.2) is 47.4 Å². The zero-order chi connectivity index (χ0) is 15.6. The molecule has 0 aliphatic rings. The fourth-order valence-corrected chi connectivity index (χ4v) is 3.26. The molecule has 2 aromatic rings. The third-order valence-corrected chi connectivity index (χ3v) is 5.21. The first-order valence-electron chi connectivity index (χ1n) is 6.27. The lowest BCUT2D eigenvalue weighted by molar-refractivity contribution is 0.466. The van der Waals surface area contributed by atoms with E-state index in [0.717, 1.165) is 5.56 Å². The average Bonchev–Trinajstić information content (AvgIpc) is 2.44. The molecule has 0 atom stereocenters. The van der Waals surface area contributed by atoms with Crippen LogP contribution in [0.4, 0.5) is 4.39 Å². The first-order chi connectivity index (χ1) is 9.80. The number of hydrogen-bond acceptors (Lipinski definition) is 2. The number of hydrogen-bond donors (Lipinski definition) is 0. The van der Waals surface area contributed by atoms with Gasteiger partial charge in [-0.05, 0) is 48.4 Å². The summed E-state index contributed by atoms with van der Waals surface area (Å²) in [6.45, 7) is 1.75. The van der Waals surface area contributed by atoms with Gasteiger partial charge in [0.05, 0.1) is 4.90 Å². The predicted octanol–water partition coefficient (Wildman–Crippen LogP) is 3.61. The first-order valence-corrected chi connectivity index (χ1v) is 8.09. The van der Waals surface area contributed by atoms with Gasteiger partial charge in [-0.3, -0.25) is 0 Å². The van der Waals surface area contributed by atoms with Crippen molar-refractivity contribution < 1.29 is 12.8 Å². The molecule has 0 unspecified atom stereocenters. The molecule has 0 radical (unpaired) electrons. The van der Waals surface area contributed by atoms with Crippen LogP contribution >= 0.6 is 11.6 Å². The Kier molecular flexibility index (Phi) is 4.66. The molecular weight excluding hydrogens is 313 g/mol. The maximum absolute atomic E-state index is 13.3. The van der Waals surface area contributed by atoms with Crippen LogP contribution in [0.2, 0.25) is 5.02 Å². The van der Waals surface area contributed by atoms with E-state index in [-0.39, 0.29) is 11.4 Å². The maximum Gasteiger partial charge on any atom is 0.243 e. The van der Waals surface area contributed by atoms with E-state index in [4.69, 9.17) is 11.6 Å². The van der Waals surface area contributed by atoms with Crippen LogP contribution in [0, 0.1) is 12.7 Å². The molecule has 0 saturated carbocycles. The van der Waals surface area contributed by atoms with Gasteiger partial charge in [-0.2, -0.15) is 4.31 Å². The van der Waals surface area contributed by atoms with E-state index in [0.29, 0.717) is 10.6 Å². The molecular formula is C15H15ClFNO2S. The van der Waals surface area contributed by atoms with Gasteiger partial charge in [-0.15, -0.1) is 0 Å². The normalized spacial score (nSPS) is 11.9. The minimum Gasteiger partial charge on any atom is -0.207 e. The van der Waals surface area contributed by atoms with Gasteiger partial charge in [0, 0.05) is 18.6 Å². The quantitative estimate of drug-likeness (QED) is 0.860. The van der Waals surface area contributed by atoms with E-state index in [9.17, 15) is 12.8 Å². The Balaban J connectivity index is 2.25. The molecule has 0 fully saturated rings. The van der Waals surface area contributed by atoms with Crippen molar-refractivity contribution in [3.05, 3.63) is 64.4 Å². The highest BCUT2D eigenvalue weighted by Gasteiger charge is 2.21. The molecule has 21 heavy (non-hydrogen) atoms. The Bertz CT molecular complexity index is 745. The number of sulfonamides is 1. The Morgan fingerprint density at radius 3 is 2.33 bits per heavy atom. The van der Waals surface area contributed by atoms with Crippen LogP contribution < -0.4 is 0 Å². The first kappa shape index (κ1) is 15.9. The van der Waals surface area contributed by atoms with Gasteiger partial charge in [-0.25, -0.2) is 12.8 Å². The van der Waals surface area contributed by atoms with E-state index in [1.54, 1.807) is 24.3 Å². The summed E-state index contributed by atoms with van der Waals surface area (Å²) in [5.41, 5.74) is 1.13. The van der Waals surface area contributed by atoms with Crippen LogP contribution in [0.1, 0.15) is 11.1 Å². The summed E-state index contributed by atoms with van der Waals surface area (Å²) in [6.07, 6.45) is 0. The smallest absolute Gasteiger partial charge is 0.207 e. The standard InChI is InChI=1S/C15H15ClFNO2S/c1-11-9-14(7-8-15(11)17)21(19,20)18(2)10-12-3-5-13(16)6-4-12/h3-9H,10H2,1-2H3. The minimum absolute atomic E-state index is 0.0814. The SMILES string of the molecule is Cc1cc(S(=O)(=O)N(C)Cc2ccc(Cl)cc2)ccc1F. The van der Waals surface area contributed by atoms with Gasteiger partial charge in [0.25, 0.3) is 0 Å². The molecule has 6 heteroatoms. The third kappa shape index (κ3) is 3.61. The Morgan fingerprint density at radius 1 is 1.14 bits per heavy atom. The van der Waals surface area contributed by atoms with Crippen molar-refractivity contribution >= 4 is 21.6 Å². The van der Waals surface area contributed by atoms with Crippen LogP contribution in [-0.2, 0) is 16.6 Å². The summed E-state index contributed by atoms with van der Waals surface area (Å²) in [6, 6.07) is 10.7. The summed E-state index contributed by atoms with van der Waals surface area (Å²) < 4.78 is 39.4. The Morgan fingerprint density at radius 2 is 1.76 bits per heavy atom. The van der Waals surface area contributed by atoms with Crippen LogP contribution in [0.5, 0.6) is 0 Å². The zero-order valence-electron chi connectivity index (χ0n) is 11.7. The zero-order valence-corrected chi connectivity index (χ0v) is 13.2. The molecule has 0 bridgehead atoms. The largest absolute Gasteiger partial charge is 0.243 e. The fraction of sp³-hybridized carbons (Fsp3) is 0.200. The third-order valence-electron chi connectivity index (χ3n) is 3.16. The minimum atomic E-state index is -3.65. The number of rotatable bonds is 4. The molecule has 0 amide bonds. The van der Waals surface area contributed by atoms with Gasteiger partial charge < -0.3 is 0 Å². The van der Waals surface area contributed by atoms with Gasteiger partial charge >= 0.3 is 0 Å². The van der Waals surface area contributed by atoms with Crippen molar-refractivity contribution in [2.75, 3.05) is 7.05 Å². The number of benzene rings is 2. The Labute approximate surface area is 129 Å². The molecule has 0 spiro atoms. The topological polar surface area (TPSA) is 37.4 Å². The van der Waals surface area contributed by atoms with Crippen molar-refractivity contribution in [3.63, 3.8) is 0 Å². The lowest BCUT2D eigenvalue weighted by Gasteiger charge is -2.17. The predicted molar refractivity (Wildman–Crippen MR) is 81.2 cm³/mol. The number of aryl methyl sites for hydroxylation is 1. The van der Waals surface area contributed by atoms with E-state index < -0.39 is 15.8 Å². The molecule has 0 aliphatic carbocycles. The number of nitrogens with zero attached hydrogens (tertiary/aromatic N) is 1.